The van der Waals surface area contributed by atoms with E-state index >= 15 is 0 Å². The van der Waals surface area contributed by atoms with Crippen molar-refractivity contribution in [2.75, 3.05) is 26.4 Å². The van der Waals surface area contributed by atoms with Gasteiger partial charge in [-0.2, -0.15) is 0 Å². The van der Waals surface area contributed by atoms with E-state index in [9.17, 15) is 5.11 Å². The number of halogens is 1. The molecule has 2 N–H and O–H groups in total. The molecule has 1 aromatic rings. The van der Waals surface area contributed by atoms with Gasteiger partial charge >= 0.3 is 0 Å². The normalized spacial score (nSPS) is 19.4. The first-order valence-electron chi connectivity index (χ1n) is 7.40. The second-order valence-electron chi connectivity index (χ2n) is 5.85. The third-order valence-corrected chi connectivity index (χ3v) is 4.11. The molecule has 1 aliphatic heterocycles. The van der Waals surface area contributed by atoms with Crippen molar-refractivity contribution in [1.29, 1.82) is 0 Å². The molecule has 1 heterocycles. The highest BCUT2D eigenvalue weighted by Gasteiger charge is 2.27. The van der Waals surface area contributed by atoms with Crippen LogP contribution < -0.4 is 5.32 Å². The number of ether oxygens (including phenoxy) is 2. The van der Waals surface area contributed by atoms with Crippen LogP contribution in [0.2, 0.25) is 5.02 Å². The van der Waals surface area contributed by atoms with E-state index in [4.69, 9.17) is 21.1 Å². The largest absolute Gasteiger partial charge is 0.389 e. The molecule has 0 amide bonds. The van der Waals surface area contributed by atoms with Crippen LogP contribution in [0.3, 0.4) is 0 Å². The summed E-state index contributed by atoms with van der Waals surface area (Å²) in [5, 5.41) is 14.1. The SMILES string of the molecule is CC1(NCC(O)COCc2ccc(Cl)cc2)CCOCC1. The van der Waals surface area contributed by atoms with Crippen molar-refractivity contribution < 1.29 is 14.6 Å². The topological polar surface area (TPSA) is 50.7 Å². The summed E-state index contributed by atoms with van der Waals surface area (Å²) in [6.45, 7) is 5.09. The van der Waals surface area contributed by atoms with Gasteiger partial charge < -0.3 is 19.9 Å². The van der Waals surface area contributed by atoms with Gasteiger partial charge in [0.05, 0.1) is 19.3 Å². The fourth-order valence-electron chi connectivity index (χ4n) is 2.32. The molecule has 1 aliphatic rings. The molecular weight excluding hydrogens is 290 g/mol. The molecule has 1 atom stereocenters. The minimum atomic E-state index is -0.503. The number of rotatable bonds is 7. The molecule has 21 heavy (non-hydrogen) atoms. The summed E-state index contributed by atoms with van der Waals surface area (Å²) < 4.78 is 10.9. The number of nitrogens with one attached hydrogen (secondary N) is 1. The van der Waals surface area contributed by atoms with Crippen molar-refractivity contribution in [3.63, 3.8) is 0 Å². The molecule has 0 bridgehead atoms. The van der Waals surface area contributed by atoms with Crippen LogP contribution in [-0.4, -0.2) is 43.1 Å². The quantitative estimate of drug-likeness (QED) is 0.811. The zero-order valence-corrected chi connectivity index (χ0v) is 13.2. The summed E-state index contributed by atoms with van der Waals surface area (Å²) >= 11 is 5.83. The van der Waals surface area contributed by atoms with Crippen molar-refractivity contribution in [2.24, 2.45) is 0 Å². The number of benzene rings is 1. The summed E-state index contributed by atoms with van der Waals surface area (Å²) in [6, 6.07) is 7.53. The van der Waals surface area contributed by atoms with Gasteiger partial charge in [-0.05, 0) is 37.5 Å². The van der Waals surface area contributed by atoms with Crippen molar-refractivity contribution in [3.05, 3.63) is 34.9 Å². The molecule has 118 valence electrons. The lowest BCUT2D eigenvalue weighted by atomic mass is 9.92. The van der Waals surface area contributed by atoms with E-state index in [1.165, 1.54) is 0 Å². The van der Waals surface area contributed by atoms with Gasteiger partial charge in [0, 0.05) is 30.3 Å². The molecule has 5 heteroatoms. The monoisotopic (exact) mass is 313 g/mol. The maximum absolute atomic E-state index is 9.98. The minimum absolute atomic E-state index is 0.0649. The van der Waals surface area contributed by atoms with E-state index in [1.54, 1.807) is 0 Å². The average Bonchev–Trinajstić information content (AvgIpc) is 2.48. The average molecular weight is 314 g/mol. The smallest absolute Gasteiger partial charge is 0.0898 e. The predicted octanol–water partition coefficient (Wildman–Crippen LogP) is 2.38. The third-order valence-electron chi connectivity index (χ3n) is 3.85. The molecule has 1 aromatic carbocycles. The maximum Gasteiger partial charge on any atom is 0.0898 e. The second-order valence-corrected chi connectivity index (χ2v) is 6.29. The van der Waals surface area contributed by atoms with E-state index in [1.807, 2.05) is 24.3 Å². The van der Waals surface area contributed by atoms with Gasteiger partial charge in [-0.3, -0.25) is 0 Å². The molecule has 1 unspecified atom stereocenters. The van der Waals surface area contributed by atoms with E-state index < -0.39 is 6.10 Å². The number of hydrogen-bond acceptors (Lipinski definition) is 4. The Morgan fingerprint density at radius 3 is 2.67 bits per heavy atom. The van der Waals surface area contributed by atoms with Crippen molar-refractivity contribution >= 4 is 11.6 Å². The van der Waals surface area contributed by atoms with Gasteiger partial charge in [-0.1, -0.05) is 23.7 Å². The fraction of sp³-hybridized carbons (Fsp3) is 0.625. The Balaban J connectivity index is 1.63. The van der Waals surface area contributed by atoms with E-state index in [2.05, 4.69) is 12.2 Å². The van der Waals surface area contributed by atoms with Gasteiger partial charge in [0.25, 0.3) is 0 Å². The lowest BCUT2D eigenvalue weighted by molar-refractivity contribution is 0.0117. The van der Waals surface area contributed by atoms with Crippen LogP contribution in [0.25, 0.3) is 0 Å². The Bertz CT molecular complexity index is 418. The van der Waals surface area contributed by atoms with Crippen LogP contribution in [0, 0.1) is 0 Å². The summed E-state index contributed by atoms with van der Waals surface area (Å²) in [6.07, 6.45) is 1.45. The molecular formula is C16H24ClNO3. The Morgan fingerprint density at radius 2 is 2.00 bits per heavy atom. The Morgan fingerprint density at radius 1 is 1.33 bits per heavy atom. The Kier molecular flexibility index (Phi) is 6.45. The highest BCUT2D eigenvalue weighted by Crippen LogP contribution is 2.19. The van der Waals surface area contributed by atoms with Crippen LogP contribution >= 0.6 is 11.6 Å². The molecule has 0 aliphatic carbocycles. The highest BCUT2D eigenvalue weighted by atomic mass is 35.5. The van der Waals surface area contributed by atoms with Crippen LogP contribution in [0.15, 0.2) is 24.3 Å². The maximum atomic E-state index is 9.98. The standard InChI is InChI=1S/C16H24ClNO3/c1-16(6-8-20-9-7-16)18-10-15(19)12-21-11-13-2-4-14(17)5-3-13/h2-5,15,18-19H,6-12H2,1H3. The van der Waals surface area contributed by atoms with E-state index in [-0.39, 0.29) is 5.54 Å². The summed E-state index contributed by atoms with van der Waals surface area (Å²) in [5.41, 5.74) is 1.12. The summed E-state index contributed by atoms with van der Waals surface area (Å²) in [7, 11) is 0. The first kappa shape index (κ1) is 16.7. The molecule has 1 saturated heterocycles. The van der Waals surface area contributed by atoms with E-state index in [0.29, 0.717) is 24.8 Å². The molecule has 2 rings (SSSR count). The van der Waals surface area contributed by atoms with Gasteiger partial charge in [-0.25, -0.2) is 0 Å². The fourth-order valence-corrected chi connectivity index (χ4v) is 2.44. The summed E-state index contributed by atoms with van der Waals surface area (Å²) in [5.74, 6) is 0. The number of aliphatic hydroxyl groups excluding tert-OH is 1. The molecule has 0 radical (unpaired) electrons. The van der Waals surface area contributed by atoms with Crippen molar-refractivity contribution in [3.8, 4) is 0 Å². The lowest BCUT2D eigenvalue weighted by Gasteiger charge is -2.35. The number of hydrogen-bond donors (Lipinski definition) is 2. The number of aliphatic hydroxyl groups is 1. The highest BCUT2D eigenvalue weighted by molar-refractivity contribution is 6.30. The molecule has 1 fully saturated rings. The van der Waals surface area contributed by atoms with Gasteiger partial charge in [0.2, 0.25) is 0 Å². The van der Waals surface area contributed by atoms with Crippen molar-refractivity contribution in [2.45, 2.75) is 38.0 Å². The first-order valence-corrected chi connectivity index (χ1v) is 7.78. The Hall–Kier alpha value is -0.650. The predicted molar refractivity (Wildman–Crippen MR) is 83.6 cm³/mol. The van der Waals surface area contributed by atoms with Gasteiger partial charge in [0.15, 0.2) is 0 Å². The third kappa shape index (κ3) is 5.93. The zero-order valence-electron chi connectivity index (χ0n) is 12.5. The Labute approximate surface area is 131 Å². The molecule has 0 saturated carbocycles. The van der Waals surface area contributed by atoms with Crippen LogP contribution in [0.5, 0.6) is 0 Å². The van der Waals surface area contributed by atoms with Gasteiger partial charge in [0.1, 0.15) is 0 Å². The zero-order chi connectivity index (χ0) is 15.1. The van der Waals surface area contributed by atoms with Crippen LogP contribution in [0.1, 0.15) is 25.3 Å². The van der Waals surface area contributed by atoms with Crippen molar-refractivity contribution in [1.82, 2.24) is 5.32 Å². The number of β-amino-alcohol motifs (C(OH)–C–C–N with tert-alkyl or cyclic N) is 1. The first-order chi connectivity index (χ1) is 10.1. The van der Waals surface area contributed by atoms with Gasteiger partial charge in [-0.15, -0.1) is 0 Å². The molecule has 0 spiro atoms. The van der Waals surface area contributed by atoms with Crippen LogP contribution in [-0.2, 0) is 16.1 Å². The second kappa shape index (κ2) is 8.11. The minimum Gasteiger partial charge on any atom is -0.389 e. The molecule has 4 nitrogen and oxygen atoms in total. The van der Waals surface area contributed by atoms with Crippen LogP contribution in [0.4, 0.5) is 0 Å². The van der Waals surface area contributed by atoms with E-state index in [0.717, 1.165) is 31.6 Å². The molecule has 0 aromatic heterocycles. The summed E-state index contributed by atoms with van der Waals surface area (Å²) in [4.78, 5) is 0. The lowest BCUT2D eigenvalue weighted by Crippen LogP contribution is -2.49.